The molecule has 0 bridgehead atoms. The van der Waals surface area contributed by atoms with Crippen molar-refractivity contribution in [3.8, 4) is 0 Å². The van der Waals surface area contributed by atoms with E-state index in [1.54, 1.807) is 0 Å². The fourth-order valence-corrected chi connectivity index (χ4v) is 3.07. The van der Waals surface area contributed by atoms with E-state index in [9.17, 15) is 22.8 Å². The number of rotatable bonds is 4. The van der Waals surface area contributed by atoms with Gasteiger partial charge in [-0.15, -0.1) is 0 Å². The molecule has 1 fully saturated rings. The van der Waals surface area contributed by atoms with Gasteiger partial charge < -0.3 is 5.32 Å². The molecule has 1 aliphatic rings. The first-order chi connectivity index (χ1) is 11.0. The van der Waals surface area contributed by atoms with Crippen LogP contribution in [0.2, 0.25) is 0 Å². The Hall–Kier alpha value is -1.80. The van der Waals surface area contributed by atoms with Gasteiger partial charge in [0.05, 0.1) is 0 Å². The monoisotopic (exact) mass is 348 g/mol. The Morgan fingerprint density at radius 3 is 2.29 bits per heavy atom. The predicted octanol–water partition coefficient (Wildman–Crippen LogP) is 2.61. The Morgan fingerprint density at radius 1 is 1.21 bits per heavy atom. The van der Waals surface area contributed by atoms with Crippen molar-refractivity contribution in [3.05, 3.63) is 21.0 Å². The van der Waals surface area contributed by atoms with E-state index in [1.165, 1.54) is 6.42 Å². The highest BCUT2D eigenvalue weighted by Crippen LogP contribution is 2.34. The zero-order valence-corrected chi connectivity index (χ0v) is 14.0. The summed E-state index contributed by atoms with van der Waals surface area (Å²) >= 11 is 0. The molecule has 0 aliphatic heterocycles. The molecule has 1 heterocycles. The fourth-order valence-electron chi connectivity index (χ4n) is 3.07. The van der Waals surface area contributed by atoms with Gasteiger partial charge in [0, 0.05) is 6.04 Å². The Kier molecular flexibility index (Phi) is 5.10. The van der Waals surface area contributed by atoms with Gasteiger partial charge in [0.2, 0.25) is 5.95 Å². The van der Waals surface area contributed by atoms with E-state index in [1.807, 2.05) is 6.92 Å². The summed E-state index contributed by atoms with van der Waals surface area (Å²) in [5, 5.41) is 2.95. The van der Waals surface area contributed by atoms with Gasteiger partial charge in [0.25, 0.3) is 0 Å². The lowest BCUT2D eigenvalue weighted by Gasteiger charge is -2.30. The molecule has 0 saturated heterocycles. The van der Waals surface area contributed by atoms with Crippen LogP contribution in [0.3, 0.4) is 0 Å². The van der Waals surface area contributed by atoms with E-state index >= 15 is 0 Å². The summed E-state index contributed by atoms with van der Waals surface area (Å²) in [6.07, 6.45) is 0.772. The maximum absolute atomic E-state index is 13.1. The Balaban J connectivity index is 2.27. The predicted molar refractivity (Wildman–Crippen MR) is 84.2 cm³/mol. The minimum Gasteiger partial charge on any atom is -0.353 e. The molecule has 24 heavy (non-hydrogen) atoms. The van der Waals surface area contributed by atoms with Crippen LogP contribution in [0.4, 0.5) is 19.1 Å². The number of nitrogens with zero attached hydrogens (tertiary/aromatic N) is 2. The van der Waals surface area contributed by atoms with Crippen molar-refractivity contribution in [2.24, 2.45) is 5.92 Å². The molecule has 1 aromatic heterocycles. The molecule has 1 aromatic rings. The maximum Gasteiger partial charge on any atom is 0.411 e. The molecule has 2 rings (SSSR count). The molecule has 136 valence electrons. The molecular formula is C15H23F3N4O2. The first kappa shape index (κ1) is 18.5. The largest absolute Gasteiger partial charge is 0.411 e. The average Bonchev–Trinajstić information content (AvgIpc) is 2.45. The Labute approximate surface area is 137 Å². The third-order valence-electron chi connectivity index (χ3n) is 4.80. The lowest BCUT2D eigenvalue weighted by Crippen LogP contribution is -2.55. The highest BCUT2D eigenvalue weighted by molar-refractivity contribution is 5.23. The van der Waals surface area contributed by atoms with Crippen molar-refractivity contribution >= 4 is 5.95 Å². The second-order valence-electron chi connectivity index (χ2n) is 6.90. The number of aromatic nitrogens is 3. The smallest absolute Gasteiger partial charge is 0.353 e. The minimum absolute atomic E-state index is 0.0284. The van der Waals surface area contributed by atoms with Crippen molar-refractivity contribution in [2.75, 3.05) is 5.32 Å². The zero-order chi connectivity index (χ0) is 18.1. The van der Waals surface area contributed by atoms with Gasteiger partial charge in [-0.1, -0.05) is 19.3 Å². The maximum atomic E-state index is 13.1. The number of anilines is 1. The van der Waals surface area contributed by atoms with Crippen LogP contribution in [0.5, 0.6) is 0 Å². The SMILES string of the molecule is C[C@H](Nc1nc(=O)n(C(C)(C)C(F)(F)F)c(=O)[nH]1)C1CCCCC1. The number of nitrogens with one attached hydrogen (secondary N) is 2. The van der Waals surface area contributed by atoms with Crippen LogP contribution in [0, 0.1) is 5.92 Å². The molecule has 1 aliphatic carbocycles. The quantitative estimate of drug-likeness (QED) is 0.877. The van der Waals surface area contributed by atoms with E-state index < -0.39 is 23.1 Å². The Morgan fingerprint density at radius 2 is 1.79 bits per heavy atom. The molecule has 1 saturated carbocycles. The van der Waals surface area contributed by atoms with E-state index in [0.717, 1.165) is 39.5 Å². The molecule has 0 unspecified atom stereocenters. The molecule has 0 radical (unpaired) electrons. The number of alkyl halides is 3. The van der Waals surface area contributed by atoms with Crippen LogP contribution in [0.1, 0.15) is 52.9 Å². The van der Waals surface area contributed by atoms with Crippen LogP contribution in [-0.4, -0.2) is 26.8 Å². The topological polar surface area (TPSA) is 79.8 Å². The summed E-state index contributed by atoms with van der Waals surface area (Å²) in [7, 11) is 0. The first-order valence-electron chi connectivity index (χ1n) is 8.11. The van der Waals surface area contributed by atoms with Gasteiger partial charge in [-0.2, -0.15) is 18.2 Å². The van der Waals surface area contributed by atoms with E-state index in [0.29, 0.717) is 5.92 Å². The fraction of sp³-hybridized carbons (Fsp3) is 0.800. The number of hydrogen-bond acceptors (Lipinski definition) is 4. The molecule has 0 aromatic carbocycles. The lowest BCUT2D eigenvalue weighted by atomic mass is 9.85. The molecule has 0 spiro atoms. The summed E-state index contributed by atoms with van der Waals surface area (Å²) in [6.45, 7) is 3.45. The molecular weight excluding hydrogens is 325 g/mol. The molecule has 1 atom stereocenters. The number of halogens is 3. The third-order valence-corrected chi connectivity index (χ3v) is 4.80. The van der Waals surface area contributed by atoms with E-state index in [4.69, 9.17) is 0 Å². The standard InChI is InChI=1S/C15H23F3N4O2/c1-9(10-7-5-4-6-8-10)19-11-20-12(23)22(13(24)21-11)14(2,3)15(16,17)18/h9-10H,4-8H2,1-3H3,(H2,19,20,21,23,24)/t9-/m0/s1. The molecule has 6 nitrogen and oxygen atoms in total. The minimum atomic E-state index is -4.75. The molecule has 9 heteroatoms. The summed E-state index contributed by atoms with van der Waals surface area (Å²) in [5.41, 5.74) is -4.99. The van der Waals surface area contributed by atoms with Crippen LogP contribution < -0.4 is 16.7 Å². The van der Waals surface area contributed by atoms with Crippen molar-refractivity contribution in [1.82, 2.24) is 14.5 Å². The van der Waals surface area contributed by atoms with Crippen molar-refractivity contribution in [1.29, 1.82) is 0 Å². The number of hydrogen-bond donors (Lipinski definition) is 2. The number of H-pyrrole nitrogens is 1. The second-order valence-corrected chi connectivity index (χ2v) is 6.90. The van der Waals surface area contributed by atoms with E-state index in [-0.39, 0.29) is 16.6 Å². The van der Waals surface area contributed by atoms with Crippen molar-refractivity contribution in [3.63, 3.8) is 0 Å². The molecule has 0 amide bonds. The van der Waals surface area contributed by atoms with Gasteiger partial charge >= 0.3 is 17.6 Å². The van der Waals surface area contributed by atoms with Crippen LogP contribution in [0.15, 0.2) is 9.59 Å². The number of aromatic amines is 1. The summed E-state index contributed by atoms with van der Waals surface area (Å²) in [4.78, 5) is 29.9. The summed E-state index contributed by atoms with van der Waals surface area (Å²) in [6, 6.07) is -0.0284. The highest BCUT2D eigenvalue weighted by atomic mass is 19.4. The molecule has 2 N–H and O–H groups in total. The third kappa shape index (κ3) is 3.64. The van der Waals surface area contributed by atoms with Crippen LogP contribution >= 0.6 is 0 Å². The van der Waals surface area contributed by atoms with Gasteiger partial charge in [0.1, 0.15) is 5.54 Å². The second kappa shape index (κ2) is 6.60. The van der Waals surface area contributed by atoms with Crippen LogP contribution in [-0.2, 0) is 5.54 Å². The van der Waals surface area contributed by atoms with Gasteiger partial charge in [0.15, 0.2) is 0 Å². The van der Waals surface area contributed by atoms with E-state index in [2.05, 4.69) is 15.3 Å². The van der Waals surface area contributed by atoms with Gasteiger partial charge in [-0.05, 0) is 39.5 Å². The highest BCUT2D eigenvalue weighted by Gasteiger charge is 2.50. The summed E-state index contributed by atoms with van der Waals surface area (Å²) < 4.78 is 39.3. The van der Waals surface area contributed by atoms with Gasteiger partial charge in [-0.3, -0.25) is 4.98 Å². The lowest BCUT2D eigenvalue weighted by molar-refractivity contribution is -0.205. The first-order valence-corrected chi connectivity index (χ1v) is 8.11. The van der Waals surface area contributed by atoms with Crippen molar-refractivity contribution < 1.29 is 13.2 Å². The Bertz CT molecular complexity index is 656. The average molecular weight is 348 g/mol. The van der Waals surface area contributed by atoms with Crippen molar-refractivity contribution in [2.45, 2.75) is 70.6 Å². The van der Waals surface area contributed by atoms with Gasteiger partial charge in [-0.25, -0.2) is 14.2 Å². The zero-order valence-electron chi connectivity index (χ0n) is 14.0. The summed E-state index contributed by atoms with van der Waals surface area (Å²) in [5.74, 6) is 0.301. The van der Waals surface area contributed by atoms with Crippen LogP contribution in [0.25, 0.3) is 0 Å². The normalized spacial score (nSPS) is 18.4.